The molecule has 1 saturated carbocycles. The lowest BCUT2D eigenvalue weighted by molar-refractivity contribution is -0.118. The van der Waals surface area contributed by atoms with E-state index in [4.69, 9.17) is 0 Å². The third kappa shape index (κ3) is 3.72. The molecule has 1 aliphatic carbocycles. The van der Waals surface area contributed by atoms with Crippen LogP contribution in [0.5, 0.6) is 0 Å². The first-order chi connectivity index (χ1) is 13.5. The van der Waals surface area contributed by atoms with E-state index in [-0.39, 0.29) is 29.7 Å². The molecule has 0 unspecified atom stereocenters. The Bertz CT molecular complexity index is 914. The van der Waals surface area contributed by atoms with Gasteiger partial charge in [-0.25, -0.2) is 9.18 Å². The lowest BCUT2D eigenvalue weighted by atomic mass is 9.97. The topological polar surface area (TPSA) is 61.4 Å². The van der Waals surface area contributed by atoms with Crippen molar-refractivity contribution in [3.8, 4) is 0 Å². The molecule has 1 heterocycles. The maximum absolute atomic E-state index is 13.5. The van der Waals surface area contributed by atoms with Gasteiger partial charge in [0.15, 0.2) is 0 Å². The Morgan fingerprint density at radius 1 is 1.14 bits per heavy atom. The van der Waals surface area contributed by atoms with Gasteiger partial charge in [0, 0.05) is 30.9 Å². The molecule has 2 aromatic carbocycles. The predicted octanol–water partition coefficient (Wildman–Crippen LogP) is 4.19. The van der Waals surface area contributed by atoms with E-state index in [1.807, 2.05) is 24.3 Å². The zero-order chi connectivity index (χ0) is 19.7. The molecule has 5 nitrogen and oxygen atoms in total. The minimum absolute atomic E-state index is 0.0667. The molecule has 0 spiro atoms. The summed E-state index contributed by atoms with van der Waals surface area (Å²) >= 11 is 0. The van der Waals surface area contributed by atoms with Crippen LogP contribution in [0.3, 0.4) is 0 Å². The van der Waals surface area contributed by atoms with Gasteiger partial charge in [-0.3, -0.25) is 4.79 Å². The molecule has 2 aliphatic rings. The second-order valence-corrected chi connectivity index (χ2v) is 7.62. The summed E-state index contributed by atoms with van der Waals surface area (Å²) in [6, 6.07) is 12.2. The van der Waals surface area contributed by atoms with Crippen molar-refractivity contribution in [2.45, 2.75) is 44.1 Å². The number of fused-ring (bicyclic) bond motifs is 1. The van der Waals surface area contributed by atoms with E-state index >= 15 is 0 Å². The van der Waals surface area contributed by atoms with Gasteiger partial charge in [-0.15, -0.1) is 0 Å². The second kappa shape index (κ2) is 7.62. The number of anilines is 2. The number of hydrogen-bond acceptors (Lipinski definition) is 2. The smallest absolute Gasteiger partial charge is 0.319 e. The Balaban J connectivity index is 1.39. The van der Waals surface area contributed by atoms with Gasteiger partial charge in [-0.2, -0.15) is 0 Å². The fraction of sp³-hybridized carbons (Fsp3) is 0.364. The van der Waals surface area contributed by atoms with Crippen molar-refractivity contribution in [2.24, 2.45) is 0 Å². The summed E-state index contributed by atoms with van der Waals surface area (Å²) in [5, 5.41) is 5.99. The lowest BCUT2D eigenvalue weighted by Gasteiger charge is -2.27. The molecule has 2 N–H and O–H groups in total. The zero-order valence-corrected chi connectivity index (χ0v) is 15.9. The monoisotopic (exact) mass is 381 g/mol. The van der Waals surface area contributed by atoms with Crippen LogP contribution in [0.1, 0.15) is 42.7 Å². The van der Waals surface area contributed by atoms with E-state index in [0.717, 1.165) is 41.8 Å². The van der Waals surface area contributed by atoms with E-state index in [1.54, 1.807) is 24.1 Å². The Labute approximate surface area is 163 Å². The van der Waals surface area contributed by atoms with Crippen molar-refractivity contribution in [3.63, 3.8) is 0 Å². The molecule has 28 heavy (non-hydrogen) atoms. The van der Waals surface area contributed by atoms with Crippen LogP contribution in [0, 0.1) is 5.82 Å². The summed E-state index contributed by atoms with van der Waals surface area (Å²) in [6.07, 6.45) is 3.68. The number of nitrogens with one attached hydrogen (secondary N) is 2. The quantitative estimate of drug-likeness (QED) is 0.837. The molecule has 2 aromatic rings. The number of benzene rings is 2. The molecule has 6 heteroatoms. The minimum atomic E-state index is -0.238. The average Bonchev–Trinajstić information content (AvgIpc) is 3.13. The highest BCUT2D eigenvalue weighted by molar-refractivity contribution is 5.99. The summed E-state index contributed by atoms with van der Waals surface area (Å²) in [5.41, 5.74) is 3.58. The predicted molar refractivity (Wildman–Crippen MR) is 107 cm³/mol. The Morgan fingerprint density at radius 3 is 2.79 bits per heavy atom. The maximum atomic E-state index is 13.5. The number of nitrogens with zero attached hydrogens (tertiary/aromatic N) is 1. The van der Waals surface area contributed by atoms with Crippen molar-refractivity contribution in [1.29, 1.82) is 0 Å². The van der Waals surface area contributed by atoms with Crippen LogP contribution < -0.4 is 15.5 Å². The molecule has 0 aromatic heterocycles. The molecular weight excluding hydrogens is 357 g/mol. The number of carbonyl (C=O) groups excluding carboxylic acids is 2. The molecule has 3 amide bonds. The van der Waals surface area contributed by atoms with E-state index in [2.05, 4.69) is 10.6 Å². The number of amides is 3. The minimum Gasteiger partial charge on any atom is -0.335 e. The first-order valence-electron chi connectivity index (χ1n) is 9.72. The van der Waals surface area contributed by atoms with Gasteiger partial charge in [-0.05, 0) is 67.0 Å². The zero-order valence-electron chi connectivity index (χ0n) is 15.9. The van der Waals surface area contributed by atoms with Crippen molar-refractivity contribution in [3.05, 3.63) is 59.4 Å². The van der Waals surface area contributed by atoms with E-state index in [1.165, 1.54) is 6.07 Å². The molecular formula is C22H24FN3O2. The van der Waals surface area contributed by atoms with Crippen molar-refractivity contribution in [1.82, 2.24) is 5.32 Å². The van der Waals surface area contributed by atoms with Crippen LogP contribution in [-0.4, -0.2) is 25.0 Å². The largest absolute Gasteiger partial charge is 0.335 e. The number of carbonyl (C=O) groups is 2. The van der Waals surface area contributed by atoms with Crippen molar-refractivity contribution < 1.29 is 14.0 Å². The second-order valence-electron chi connectivity index (χ2n) is 7.62. The number of rotatable bonds is 3. The van der Waals surface area contributed by atoms with Gasteiger partial charge in [0.25, 0.3) is 0 Å². The van der Waals surface area contributed by atoms with Gasteiger partial charge < -0.3 is 15.5 Å². The summed E-state index contributed by atoms with van der Waals surface area (Å²) in [5.74, 6) is 0.137. The summed E-state index contributed by atoms with van der Waals surface area (Å²) in [7, 11) is 1.76. The van der Waals surface area contributed by atoms with Gasteiger partial charge >= 0.3 is 6.03 Å². The van der Waals surface area contributed by atoms with Gasteiger partial charge in [0.1, 0.15) is 5.82 Å². The Hall–Kier alpha value is -2.89. The van der Waals surface area contributed by atoms with E-state index in [0.29, 0.717) is 12.8 Å². The molecule has 0 radical (unpaired) electrons. The van der Waals surface area contributed by atoms with Gasteiger partial charge in [0.05, 0.1) is 0 Å². The van der Waals surface area contributed by atoms with Crippen LogP contribution in [0.2, 0.25) is 0 Å². The molecule has 1 aliphatic heterocycles. The first-order valence-corrected chi connectivity index (χ1v) is 9.72. The SMILES string of the molecule is CN1C(=O)CCc2c(NC(=O)N[C@@H]3CC[C@@H](c4cccc(F)c4)C3)cccc21. The van der Waals surface area contributed by atoms with E-state index < -0.39 is 0 Å². The lowest BCUT2D eigenvalue weighted by Crippen LogP contribution is -2.37. The van der Waals surface area contributed by atoms with Gasteiger partial charge in [-0.1, -0.05) is 18.2 Å². The van der Waals surface area contributed by atoms with Crippen LogP contribution in [-0.2, 0) is 11.2 Å². The highest BCUT2D eigenvalue weighted by Crippen LogP contribution is 2.35. The molecule has 1 fully saturated rings. The third-order valence-electron chi connectivity index (χ3n) is 5.81. The maximum Gasteiger partial charge on any atom is 0.319 e. The Morgan fingerprint density at radius 2 is 1.96 bits per heavy atom. The van der Waals surface area contributed by atoms with Crippen LogP contribution in [0.15, 0.2) is 42.5 Å². The summed E-state index contributed by atoms with van der Waals surface area (Å²) < 4.78 is 13.5. The fourth-order valence-corrected chi connectivity index (χ4v) is 4.32. The number of halogens is 1. The van der Waals surface area contributed by atoms with Crippen LogP contribution >= 0.6 is 0 Å². The normalized spacial score (nSPS) is 21.4. The molecule has 4 rings (SSSR count). The van der Waals surface area contributed by atoms with E-state index in [9.17, 15) is 14.0 Å². The highest BCUT2D eigenvalue weighted by Gasteiger charge is 2.28. The number of urea groups is 1. The van der Waals surface area contributed by atoms with Crippen LogP contribution in [0.4, 0.5) is 20.6 Å². The highest BCUT2D eigenvalue weighted by atomic mass is 19.1. The van der Waals surface area contributed by atoms with Crippen molar-refractivity contribution >= 4 is 23.3 Å². The van der Waals surface area contributed by atoms with Crippen molar-refractivity contribution in [2.75, 3.05) is 17.3 Å². The molecule has 0 bridgehead atoms. The molecule has 2 atom stereocenters. The Kier molecular flexibility index (Phi) is 5.03. The van der Waals surface area contributed by atoms with Gasteiger partial charge in [0.2, 0.25) is 5.91 Å². The van der Waals surface area contributed by atoms with Crippen LogP contribution in [0.25, 0.3) is 0 Å². The molecule has 146 valence electrons. The first kappa shape index (κ1) is 18.5. The third-order valence-corrected chi connectivity index (χ3v) is 5.81. The molecule has 0 saturated heterocycles. The summed E-state index contributed by atoms with van der Waals surface area (Å²) in [6.45, 7) is 0. The average molecular weight is 381 g/mol. The standard InChI is InChI=1S/C22H24FN3O2/c1-26-20-7-3-6-19(18(20)10-11-21(26)27)25-22(28)24-17-9-8-15(13-17)14-4-2-5-16(23)12-14/h2-7,12,15,17H,8-11,13H2,1H3,(H2,24,25,28)/t15-,17-/m1/s1. The summed E-state index contributed by atoms with van der Waals surface area (Å²) in [4.78, 5) is 26.1. The fourth-order valence-electron chi connectivity index (χ4n) is 4.32. The number of hydrogen-bond donors (Lipinski definition) is 2.